The third-order valence-electron chi connectivity index (χ3n) is 6.48. The van der Waals surface area contributed by atoms with Crippen LogP contribution < -0.4 is 10.6 Å². The number of nitrogens with zero attached hydrogens (tertiary/aromatic N) is 2. The van der Waals surface area contributed by atoms with E-state index in [-0.39, 0.29) is 17.7 Å². The van der Waals surface area contributed by atoms with Gasteiger partial charge < -0.3 is 15.5 Å². The van der Waals surface area contributed by atoms with E-state index >= 15 is 0 Å². The fourth-order valence-electron chi connectivity index (χ4n) is 4.38. The summed E-state index contributed by atoms with van der Waals surface area (Å²) in [6.45, 7) is 6.56. The molecule has 3 rings (SSSR count). The minimum Gasteiger partial charge on any atom is -0.342 e. The van der Waals surface area contributed by atoms with Gasteiger partial charge in [0, 0.05) is 37.8 Å². The maximum Gasteiger partial charge on any atom is 0.230 e. The van der Waals surface area contributed by atoms with E-state index in [9.17, 15) is 9.59 Å². The first kappa shape index (κ1) is 18.9. The van der Waals surface area contributed by atoms with Crippen LogP contribution in [-0.2, 0) is 16.0 Å². The second-order valence-electron chi connectivity index (χ2n) is 7.63. The zero-order valence-electron chi connectivity index (χ0n) is 16.0. The first-order valence-electron chi connectivity index (χ1n) is 9.95. The molecule has 5 heteroatoms. The van der Waals surface area contributed by atoms with Crippen LogP contribution in [0.3, 0.4) is 0 Å². The van der Waals surface area contributed by atoms with Gasteiger partial charge in [-0.1, -0.05) is 32.0 Å². The van der Waals surface area contributed by atoms with Crippen LogP contribution in [0.15, 0.2) is 24.3 Å². The van der Waals surface area contributed by atoms with Gasteiger partial charge in [-0.25, -0.2) is 0 Å². The van der Waals surface area contributed by atoms with E-state index in [4.69, 9.17) is 5.73 Å². The van der Waals surface area contributed by atoms with E-state index in [2.05, 4.69) is 6.07 Å². The molecule has 1 aromatic carbocycles. The molecule has 0 atom stereocenters. The SMILES string of the molecule is CCC(CC)(CN)C(=O)N1CCC(C(=O)N2CCc3ccccc32)CC1. The number of carbonyl (C=O) groups is 2. The van der Waals surface area contributed by atoms with Crippen LogP contribution in [0.2, 0.25) is 0 Å². The summed E-state index contributed by atoms with van der Waals surface area (Å²) in [4.78, 5) is 29.8. The molecule has 0 aromatic heterocycles. The fraction of sp³-hybridized carbons (Fsp3) is 0.619. The predicted molar refractivity (Wildman–Crippen MR) is 104 cm³/mol. The third kappa shape index (κ3) is 3.25. The summed E-state index contributed by atoms with van der Waals surface area (Å²) < 4.78 is 0. The summed E-state index contributed by atoms with van der Waals surface area (Å²) in [7, 11) is 0. The number of carbonyl (C=O) groups excluding carboxylic acids is 2. The Hall–Kier alpha value is -1.88. The zero-order valence-corrected chi connectivity index (χ0v) is 16.0. The Morgan fingerprint density at radius 3 is 2.38 bits per heavy atom. The summed E-state index contributed by atoms with van der Waals surface area (Å²) in [5, 5.41) is 0. The van der Waals surface area contributed by atoms with Gasteiger partial charge >= 0.3 is 0 Å². The van der Waals surface area contributed by atoms with Gasteiger partial charge in [-0.2, -0.15) is 0 Å². The summed E-state index contributed by atoms with van der Waals surface area (Å²) in [5.74, 6) is 0.404. The van der Waals surface area contributed by atoms with E-state index in [0.29, 0.717) is 19.6 Å². The van der Waals surface area contributed by atoms with Gasteiger partial charge in [-0.15, -0.1) is 0 Å². The standard InChI is InChI=1S/C21H31N3O2/c1-3-21(4-2,15-22)20(26)23-12-9-17(10-13-23)19(25)24-14-11-16-7-5-6-8-18(16)24/h5-8,17H,3-4,9-15,22H2,1-2H3. The number of amides is 2. The number of piperidine rings is 1. The largest absolute Gasteiger partial charge is 0.342 e. The number of rotatable bonds is 5. The van der Waals surface area contributed by atoms with Crippen LogP contribution in [-0.4, -0.2) is 42.9 Å². The molecule has 1 saturated heterocycles. The van der Waals surface area contributed by atoms with Crippen LogP contribution in [0.5, 0.6) is 0 Å². The van der Waals surface area contributed by atoms with Gasteiger partial charge in [0.2, 0.25) is 11.8 Å². The highest BCUT2D eigenvalue weighted by atomic mass is 16.2. The highest BCUT2D eigenvalue weighted by Crippen LogP contribution is 2.33. The number of benzene rings is 1. The molecule has 26 heavy (non-hydrogen) atoms. The molecule has 0 saturated carbocycles. The maximum atomic E-state index is 13.0. The molecular formula is C21H31N3O2. The Balaban J connectivity index is 1.62. The van der Waals surface area contributed by atoms with E-state index in [1.54, 1.807) is 0 Å². The molecule has 2 aliphatic rings. The van der Waals surface area contributed by atoms with Crippen LogP contribution in [0.4, 0.5) is 5.69 Å². The van der Waals surface area contributed by atoms with Gasteiger partial charge in [0.1, 0.15) is 0 Å². The molecule has 1 aromatic rings. The average molecular weight is 357 g/mol. The van der Waals surface area contributed by atoms with Crippen molar-refractivity contribution in [2.45, 2.75) is 46.0 Å². The van der Waals surface area contributed by atoms with Crippen molar-refractivity contribution in [1.29, 1.82) is 0 Å². The number of hydrogen-bond donors (Lipinski definition) is 1. The smallest absolute Gasteiger partial charge is 0.230 e. The highest BCUT2D eigenvalue weighted by molar-refractivity contribution is 5.97. The van der Waals surface area contributed by atoms with Crippen molar-refractivity contribution >= 4 is 17.5 Å². The van der Waals surface area contributed by atoms with Gasteiger partial charge in [-0.05, 0) is 43.7 Å². The molecule has 142 valence electrons. The Kier molecular flexibility index (Phi) is 5.66. The fourth-order valence-corrected chi connectivity index (χ4v) is 4.38. The molecule has 2 N–H and O–H groups in total. The van der Waals surface area contributed by atoms with Crippen molar-refractivity contribution in [3.8, 4) is 0 Å². The van der Waals surface area contributed by atoms with E-state index in [1.165, 1.54) is 5.56 Å². The topological polar surface area (TPSA) is 66.6 Å². The molecule has 0 unspecified atom stereocenters. The number of nitrogens with two attached hydrogens (primary N) is 1. The Labute approximate surface area is 156 Å². The first-order chi connectivity index (χ1) is 12.6. The molecule has 2 heterocycles. The number of hydrogen-bond acceptors (Lipinski definition) is 3. The second-order valence-corrected chi connectivity index (χ2v) is 7.63. The van der Waals surface area contributed by atoms with Crippen molar-refractivity contribution in [2.24, 2.45) is 17.1 Å². The predicted octanol–water partition coefficient (Wildman–Crippen LogP) is 2.58. The lowest BCUT2D eigenvalue weighted by molar-refractivity contribution is -0.144. The third-order valence-corrected chi connectivity index (χ3v) is 6.48. The first-order valence-corrected chi connectivity index (χ1v) is 9.95. The molecule has 1 fully saturated rings. The van der Waals surface area contributed by atoms with Crippen LogP contribution in [0.1, 0.15) is 45.1 Å². The molecule has 0 spiro atoms. The summed E-state index contributed by atoms with van der Waals surface area (Å²) >= 11 is 0. The molecular weight excluding hydrogens is 326 g/mol. The van der Waals surface area contributed by atoms with Crippen molar-refractivity contribution in [3.63, 3.8) is 0 Å². The van der Waals surface area contributed by atoms with Gasteiger partial charge in [0.25, 0.3) is 0 Å². The molecule has 5 nitrogen and oxygen atoms in total. The monoisotopic (exact) mass is 357 g/mol. The molecule has 2 aliphatic heterocycles. The number of fused-ring (bicyclic) bond motifs is 1. The molecule has 0 radical (unpaired) electrons. The average Bonchev–Trinajstić information content (AvgIpc) is 3.13. The molecule has 2 amide bonds. The summed E-state index contributed by atoms with van der Waals surface area (Å²) in [6, 6.07) is 8.17. The minimum absolute atomic E-state index is 0.0146. The number of anilines is 1. The Morgan fingerprint density at radius 2 is 1.77 bits per heavy atom. The molecule has 0 aliphatic carbocycles. The second kappa shape index (κ2) is 7.78. The zero-order chi connectivity index (χ0) is 18.7. The lowest BCUT2D eigenvalue weighted by atomic mass is 9.80. The van der Waals surface area contributed by atoms with Crippen LogP contribution in [0, 0.1) is 11.3 Å². The van der Waals surface area contributed by atoms with Crippen molar-refractivity contribution < 1.29 is 9.59 Å². The quantitative estimate of drug-likeness (QED) is 0.881. The Morgan fingerprint density at radius 1 is 1.12 bits per heavy atom. The van der Waals surface area contributed by atoms with Crippen molar-refractivity contribution in [2.75, 3.05) is 31.1 Å². The normalized spacial score (nSPS) is 18.1. The van der Waals surface area contributed by atoms with Gasteiger partial charge in [0.05, 0.1) is 5.41 Å². The minimum atomic E-state index is -0.440. The van der Waals surface area contributed by atoms with Crippen LogP contribution in [0.25, 0.3) is 0 Å². The summed E-state index contributed by atoms with van der Waals surface area (Å²) in [6.07, 6.45) is 3.96. The van der Waals surface area contributed by atoms with Crippen molar-refractivity contribution in [1.82, 2.24) is 4.90 Å². The van der Waals surface area contributed by atoms with Gasteiger partial charge in [0.15, 0.2) is 0 Å². The van der Waals surface area contributed by atoms with E-state index in [1.807, 2.05) is 41.8 Å². The molecule has 0 bridgehead atoms. The lowest BCUT2D eigenvalue weighted by Gasteiger charge is -2.39. The Bertz CT molecular complexity index is 653. The van der Waals surface area contributed by atoms with Crippen molar-refractivity contribution in [3.05, 3.63) is 29.8 Å². The van der Waals surface area contributed by atoms with Gasteiger partial charge in [-0.3, -0.25) is 9.59 Å². The number of likely N-dealkylation sites (tertiary alicyclic amines) is 1. The number of para-hydroxylation sites is 1. The maximum absolute atomic E-state index is 13.0. The lowest BCUT2D eigenvalue weighted by Crippen LogP contribution is -2.51. The highest BCUT2D eigenvalue weighted by Gasteiger charge is 2.39. The summed E-state index contributed by atoms with van der Waals surface area (Å²) in [5.41, 5.74) is 7.81. The van der Waals surface area contributed by atoms with E-state index in [0.717, 1.165) is 44.3 Å². The van der Waals surface area contributed by atoms with E-state index < -0.39 is 5.41 Å². The van der Waals surface area contributed by atoms with Crippen LogP contribution >= 0.6 is 0 Å².